The lowest BCUT2D eigenvalue weighted by atomic mass is 9.94. The second-order valence-electron chi connectivity index (χ2n) is 5.37. The maximum atomic E-state index is 13.7. The maximum Gasteiger partial charge on any atom is 0.266 e. The van der Waals surface area contributed by atoms with Crippen molar-refractivity contribution in [1.29, 1.82) is 0 Å². The van der Waals surface area contributed by atoms with Gasteiger partial charge in [-0.05, 0) is 25.0 Å². The van der Waals surface area contributed by atoms with Crippen LogP contribution in [0, 0.1) is 5.82 Å². The van der Waals surface area contributed by atoms with Gasteiger partial charge in [-0.15, -0.1) is 0 Å². The van der Waals surface area contributed by atoms with Crippen LogP contribution in [0.25, 0.3) is 6.08 Å². The van der Waals surface area contributed by atoms with Gasteiger partial charge in [-0.2, -0.15) is 0 Å². The number of thiocarbonyl (C=S) groups is 1. The van der Waals surface area contributed by atoms with Crippen LogP contribution in [0.4, 0.5) is 4.39 Å². The van der Waals surface area contributed by atoms with E-state index in [9.17, 15) is 9.18 Å². The Morgan fingerprint density at radius 2 is 1.95 bits per heavy atom. The Balaban J connectivity index is 1.84. The lowest BCUT2D eigenvalue weighted by molar-refractivity contribution is -0.124. The number of rotatable bonds is 2. The molecule has 2 nitrogen and oxygen atoms in total. The van der Waals surface area contributed by atoms with Crippen LogP contribution in [-0.2, 0) is 4.79 Å². The Morgan fingerprint density at radius 3 is 2.67 bits per heavy atom. The van der Waals surface area contributed by atoms with Gasteiger partial charge in [0.25, 0.3) is 5.91 Å². The van der Waals surface area contributed by atoms with E-state index in [1.54, 1.807) is 29.2 Å². The van der Waals surface area contributed by atoms with Gasteiger partial charge in [-0.3, -0.25) is 9.69 Å². The Kier molecular flexibility index (Phi) is 4.40. The molecule has 0 aromatic heterocycles. The molecular weight excluding hydrogens is 305 g/mol. The monoisotopic (exact) mass is 321 g/mol. The normalized spacial score (nSPS) is 22.3. The number of amides is 1. The molecule has 2 fully saturated rings. The standard InChI is InChI=1S/C16H16FNOS2/c17-13-9-5-4-6-11(13)10-14-15(19)18(16(20)21-14)12-7-2-1-3-8-12/h4-6,9-10,12H,1-3,7-8H2/b14-10-. The van der Waals surface area contributed by atoms with Crippen molar-refractivity contribution < 1.29 is 9.18 Å². The smallest absolute Gasteiger partial charge is 0.266 e. The van der Waals surface area contributed by atoms with E-state index in [0.717, 1.165) is 25.7 Å². The summed E-state index contributed by atoms with van der Waals surface area (Å²) in [6.07, 6.45) is 7.16. The van der Waals surface area contributed by atoms with E-state index in [1.807, 2.05) is 0 Å². The lowest BCUT2D eigenvalue weighted by Gasteiger charge is -2.29. The first-order valence-electron chi connectivity index (χ1n) is 7.18. The molecule has 21 heavy (non-hydrogen) atoms. The summed E-state index contributed by atoms with van der Waals surface area (Å²) in [5, 5.41) is 0. The van der Waals surface area contributed by atoms with Crippen LogP contribution in [0.15, 0.2) is 29.2 Å². The number of hydrogen-bond acceptors (Lipinski definition) is 3. The average Bonchev–Trinajstić information content (AvgIpc) is 2.77. The van der Waals surface area contributed by atoms with Crippen molar-refractivity contribution in [3.05, 3.63) is 40.6 Å². The number of carbonyl (C=O) groups excluding carboxylic acids is 1. The fraction of sp³-hybridized carbons (Fsp3) is 0.375. The molecule has 1 aromatic rings. The molecule has 0 atom stereocenters. The Hall–Kier alpha value is -1.20. The molecule has 1 aromatic carbocycles. The summed E-state index contributed by atoms with van der Waals surface area (Å²) in [7, 11) is 0. The van der Waals surface area contributed by atoms with Crippen molar-refractivity contribution >= 4 is 40.3 Å². The van der Waals surface area contributed by atoms with Gasteiger partial charge < -0.3 is 0 Å². The van der Waals surface area contributed by atoms with Crippen molar-refractivity contribution in [2.45, 2.75) is 38.1 Å². The quantitative estimate of drug-likeness (QED) is 0.596. The zero-order chi connectivity index (χ0) is 14.8. The minimum Gasteiger partial charge on any atom is -0.290 e. The molecule has 0 unspecified atom stereocenters. The second-order valence-corrected chi connectivity index (χ2v) is 7.04. The van der Waals surface area contributed by atoms with Crippen LogP contribution in [0.2, 0.25) is 0 Å². The van der Waals surface area contributed by atoms with E-state index in [4.69, 9.17) is 12.2 Å². The summed E-state index contributed by atoms with van der Waals surface area (Å²) in [6.45, 7) is 0. The van der Waals surface area contributed by atoms with Gasteiger partial charge in [-0.1, -0.05) is 61.4 Å². The predicted molar refractivity (Wildman–Crippen MR) is 88.3 cm³/mol. The zero-order valence-corrected chi connectivity index (χ0v) is 13.2. The first kappa shape index (κ1) is 14.7. The predicted octanol–water partition coefficient (Wildman–Crippen LogP) is 4.36. The van der Waals surface area contributed by atoms with Gasteiger partial charge in [-0.25, -0.2) is 4.39 Å². The molecule has 0 radical (unpaired) electrons. The molecule has 0 N–H and O–H groups in total. The minimum atomic E-state index is -0.319. The van der Waals surface area contributed by atoms with Crippen LogP contribution in [0.1, 0.15) is 37.7 Å². The van der Waals surface area contributed by atoms with Crippen LogP contribution < -0.4 is 0 Å². The summed E-state index contributed by atoms with van der Waals surface area (Å²) in [5.74, 6) is -0.388. The van der Waals surface area contributed by atoms with Crippen molar-refractivity contribution in [2.75, 3.05) is 0 Å². The highest BCUT2D eigenvalue weighted by atomic mass is 32.2. The van der Waals surface area contributed by atoms with Gasteiger partial charge in [0, 0.05) is 11.6 Å². The molecule has 110 valence electrons. The Bertz CT molecular complexity index is 608. The van der Waals surface area contributed by atoms with Crippen molar-refractivity contribution in [2.24, 2.45) is 0 Å². The maximum absolute atomic E-state index is 13.7. The van der Waals surface area contributed by atoms with E-state index < -0.39 is 0 Å². The summed E-state index contributed by atoms with van der Waals surface area (Å²) in [4.78, 5) is 14.8. The molecule has 0 spiro atoms. The molecule has 1 aliphatic carbocycles. The summed E-state index contributed by atoms with van der Waals surface area (Å²) >= 11 is 6.64. The molecule has 1 saturated carbocycles. The third-order valence-corrected chi connectivity index (χ3v) is 5.29. The molecule has 1 aliphatic heterocycles. The Morgan fingerprint density at radius 1 is 1.24 bits per heavy atom. The third-order valence-electron chi connectivity index (χ3n) is 3.96. The molecule has 3 rings (SSSR count). The van der Waals surface area contributed by atoms with Crippen molar-refractivity contribution in [3.8, 4) is 0 Å². The fourth-order valence-corrected chi connectivity index (χ4v) is 4.26. The van der Waals surface area contributed by atoms with E-state index in [1.165, 1.54) is 24.2 Å². The van der Waals surface area contributed by atoms with Gasteiger partial charge in [0.15, 0.2) is 0 Å². The molecular formula is C16H16FNOS2. The van der Waals surface area contributed by atoms with Crippen molar-refractivity contribution in [1.82, 2.24) is 4.90 Å². The molecule has 1 saturated heterocycles. The van der Waals surface area contributed by atoms with Crippen LogP contribution in [-0.4, -0.2) is 21.2 Å². The largest absolute Gasteiger partial charge is 0.290 e. The van der Waals surface area contributed by atoms with Gasteiger partial charge in [0.2, 0.25) is 0 Å². The number of benzene rings is 1. The second kappa shape index (κ2) is 6.28. The molecule has 2 aliphatic rings. The highest BCUT2D eigenvalue weighted by Gasteiger charge is 2.37. The van der Waals surface area contributed by atoms with Crippen molar-refractivity contribution in [3.63, 3.8) is 0 Å². The minimum absolute atomic E-state index is 0.0693. The highest BCUT2D eigenvalue weighted by Crippen LogP contribution is 2.37. The molecule has 5 heteroatoms. The summed E-state index contributed by atoms with van der Waals surface area (Å²) in [6, 6.07) is 6.69. The number of nitrogens with zero attached hydrogens (tertiary/aromatic N) is 1. The fourth-order valence-electron chi connectivity index (χ4n) is 2.87. The Labute approximate surface area is 133 Å². The highest BCUT2D eigenvalue weighted by molar-refractivity contribution is 8.26. The van der Waals surface area contributed by atoms with Crippen LogP contribution in [0.5, 0.6) is 0 Å². The van der Waals surface area contributed by atoms with Crippen LogP contribution in [0.3, 0.4) is 0 Å². The molecule has 1 amide bonds. The number of thioether (sulfide) groups is 1. The number of halogens is 1. The SMILES string of the molecule is O=C1/C(=C/c2ccccc2F)SC(=S)N1C1CCCCC1. The average molecular weight is 321 g/mol. The number of hydrogen-bond donors (Lipinski definition) is 0. The first-order chi connectivity index (χ1) is 10.2. The third kappa shape index (κ3) is 3.04. The summed E-state index contributed by atoms with van der Waals surface area (Å²) < 4.78 is 14.3. The van der Waals surface area contributed by atoms with E-state index in [-0.39, 0.29) is 17.8 Å². The summed E-state index contributed by atoms with van der Waals surface area (Å²) in [5.41, 5.74) is 0.432. The van der Waals surface area contributed by atoms with E-state index >= 15 is 0 Å². The molecule has 1 heterocycles. The van der Waals surface area contributed by atoms with Gasteiger partial charge in [0.1, 0.15) is 10.1 Å². The van der Waals surface area contributed by atoms with Crippen LogP contribution >= 0.6 is 24.0 Å². The lowest BCUT2D eigenvalue weighted by Crippen LogP contribution is -2.39. The van der Waals surface area contributed by atoms with Gasteiger partial charge >= 0.3 is 0 Å². The topological polar surface area (TPSA) is 20.3 Å². The van der Waals surface area contributed by atoms with E-state index in [2.05, 4.69) is 0 Å². The van der Waals surface area contributed by atoms with E-state index in [0.29, 0.717) is 14.8 Å². The van der Waals surface area contributed by atoms with Gasteiger partial charge in [0.05, 0.1) is 4.91 Å². The zero-order valence-electron chi connectivity index (χ0n) is 11.5. The first-order valence-corrected chi connectivity index (χ1v) is 8.41. The number of carbonyl (C=O) groups is 1. The molecule has 0 bridgehead atoms.